The van der Waals surface area contributed by atoms with E-state index in [-0.39, 0.29) is 6.61 Å². The fourth-order valence-corrected chi connectivity index (χ4v) is 2.26. The van der Waals surface area contributed by atoms with Gasteiger partial charge >= 0.3 is 0 Å². The van der Waals surface area contributed by atoms with E-state index in [1.165, 1.54) is 5.56 Å². The first-order valence-electron chi connectivity index (χ1n) is 6.77. The highest BCUT2D eigenvalue weighted by Crippen LogP contribution is 2.22. The fourth-order valence-electron chi connectivity index (χ4n) is 2.26. The number of aliphatic hydroxyl groups excluding tert-OH is 1. The van der Waals surface area contributed by atoms with Gasteiger partial charge in [0, 0.05) is 18.0 Å². The summed E-state index contributed by atoms with van der Waals surface area (Å²) in [5, 5.41) is 17.7. The Balaban J connectivity index is 1.99. The molecule has 21 heavy (non-hydrogen) atoms. The van der Waals surface area contributed by atoms with Gasteiger partial charge in [-0.3, -0.25) is 4.98 Å². The molecular weight excluding hydrogens is 264 g/mol. The van der Waals surface area contributed by atoms with Crippen molar-refractivity contribution >= 4 is 0 Å². The van der Waals surface area contributed by atoms with Gasteiger partial charge in [-0.05, 0) is 24.6 Å². The maximum atomic E-state index is 9.46. The van der Waals surface area contributed by atoms with Crippen LogP contribution in [0.25, 0.3) is 11.3 Å². The van der Waals surface area contributed by atoms with Crippen molar-refractivity contribution in [1.82, 2.24) is 20.0 Å². The first-order valence-corrected chi connectivity index (χ1v) is 6.77. The van der Waals surface area contributed by atoms with Crippen LogP contribution in [-0.4, -0.2) is 25.1 Å². The molecule has 0 atom stereocenters. The largest absolute Gasteiger partial charge is 0.390 e. The summed E-state index contributed by atoms with van der Waals surface area (Å²) in [5.41, 5.74) is 4.73. The average molecular weight is 280 g/mol. The van der Waals surface area contributed by atoms with Gasteiger partial charge in [-0.25, -0.2) is 4.68 Å². The molecule has 2 aromatic heterocycles. The van der Waals surface area contributed by atoms with E-state index in [0.717, 1.165) is 16.8 Å². The molecule has 1 N–H and O–H groups in total. The summed E-state index contributed by atoms with van der Waals surface area (Å²) < 4.78 is 1.81. The highest BCUT2D eigenvalue weighted by molar-refractivity contribution is 5.61. The summed E-state index contributed by atoms with van der Waals surface area (Å²) >= 11 is 0. The quantitative estimate of drug-likeness (QED) is 0.795. The fraction of sp³-hybridized carbons (Fsp3) is 0.188. The first kappa shape index (κ1) is 13.5. The molecule has 0 amide bonds. The molecule has 0 saturated heterocycles. The van der Waals surface area contributed by atoms with Crippen LogP contribution >= 0.6 is 0 Å². The third kappa shape index (κ3) is 2.83. The molecule has 0 aliphatic rings. The van der Waals surface area contributed by atoms with E-state index in [1.54, 1.807) is 12.4 Å². The summed E-state index contributed by atoms with van der Waals surface area (Å²) in [6.07, 6.45) is 3.44. The predicted octanol–water partition coefficient (Wildman–Crippen LogP) is 2.19. The molecule has 3 rings (SSSR count). The summed E-state index contributed by atoms with van der Waals surface area (Å²) in [6, 6.07) is 12.1. The number of hydrogen-bond acceptors (Lipinski definition) is 4. The van der Waals surface area contributed by atoms with Crippen LogP contribution in [0.4, 0.5) is 0 Å². The lowest BCUT2D eigenvalue weighted by molar-refractivity contribution is 0.277. The number of aryl methyl sites for hydroxylation is 1. The summed E-state index contributed by atoms with van der Waals surface area (Å²) in [7, 11) is 0. The highest BCUT2D eigenvalue weighted by Gasteiger charge is 2.14. The molecule has 0 saturated carbocycles. The van der Waals surface area contributed by atoms with E-state index < -0.39 is 0 Å². The Kier molecular flexibility index (Phi) is 3.75. The van der Waals surface area contributed by atoms with Crippen molar-refractivity contribution < 1.29 is 5.11 Å². The molecule has 3 aromatic rings. The van der Waals surface area contributed by atoms with Gasteiger partial charge in [0.05, 0.1) is 18.8 Å². The van der Waals surface area contributed by atoms with Crippen LogP contribution in [0, 0.1) is 6.92 Å². The highest BCUT2D eigenvalue weighted by atomic mass is 16.3. The van der Waals surface area contributed by atoms with Crippen molar-refractivity contribution in [3.63, 3.8) is 0 Å². The lowest BCUT2D eigenvalue weighted by Gasteiger charge is -2.08. The Hall–Kier alpha value is -2.53. The maximum absolute atomic E-state index is 9.46. The van der Waals surface area contributed by atoms with Crippen LogP contribution in [0.1, 0.15) is 16.8 Å². The summed E-state index contributed by atoms with van der Waals surface area (Å²) in [6.45, 7) is 2.54. The molecule has 5 heteroatoms. The van der Waals surface area contributed by atoms with E-state index in [0.29, 0.717) is 12.2 Å². The van der Waals surface area contributed by atoms with Gasteiger partial charge in [0.15, 0.2) is 0 Å². The Bertz CT molecular complexity index is 720. The molecule has 0 fully saturated rings. The summed E-state index contributed by atoms with van der Waals surface area (Å²) in [4.78, 5) is 4.02. The molecule has 2 heterocycles. The van der Waals surface area contributed by atoms with E-state index in [4.69, 9.17) is 0 Å². The minimum Gasteiger partial charge on any atom is -0.390 e. The Labute approximate surface area is 122 Å². The number of rotatable bonds is 4. The molecule has 106 valence electrons. The van der Waals surface area contributed by atoms with Crippen LogP contribution < -0.4 is 0 Å². The normalized spacial score (nSPS) is 10.8. The number of pyridine rings is 1. The zero-order chi connectivity index (χ0) is 14.7. The van der Waals surface area contributed by atoms with Crippen molar-refractivity contribution in [2.24, 2.45) is 0 Å². The zero-order valence-electron chi connectivity index (χ0n) is 11.8. The third-order valence-electron chi connectivity index (χ3n) is 3.36. The molecule has 0 spiro atoms. The smallest absolute Gasteiger partial charge is 0.116 e. The maximum Gasteiger partial charge on any atom is 0.116 e. The van der Waals surface area contributed by atoms with Crippen LogP contribution in [0.5, 0.6) is 0 Å². The number of nitrogens with zero attached hydrogens (tertiary/aromatic N) is 4. The van der Waals surface area contributed by atoms with Gasteiger partial charge in [0.25, 0.3) is 0 Å². The monoisotopic (exact) mass is 280 g/mol. The number of benzene rings is 1. The second kappa shape index (κ2) is 5.85. The topological polar surface area (TPSA) is 63.8 Å². The van der Waals surface area contributed by atoms with Crippen molar-refractivity contribution in [1.29, 1.82) is 0 Å². The van der Waals surface area contributed by atoms with Crippen molar-refractivity contribution in [2.45, 2.75) is 20.1 Å². The molecule has 0 aliphatic carbocycles. The second-order valence-corrected chi connectivity index (χ2v) is 4.92. The molecule has 0 radical (unpaired) electrons. The van der Waals surface area contributed by atoms with Gasteiger partial charge in [-0.1, -0.05) is 35.0 Å². The van der Waals surface area contributed by atoms with E-state index in [9.17, 15) is 5.11 Å². The van der Waals surface area contributed by atoms with Crippen LogP contribution in [0.15, 0.2) is 48.8 Å². The standard InChI is InChI=1S/C16H16N4O/c1-12-2-4-13(5-3-12)10-20-16(15(11-21)18-19-20)14-6-8-17-9-7-14/h2-9,21H,10-11H2,1H3. The number of hydrogen-bond donors (Lipinski definition) is 1. The van der Waals surface area contributed by atoms with Crippen molar-refractivity contribution in [3.05, 3.63) is 65.6 Å². The van der Waals surface area contributed by atoms with Crippen LogP contribution in [0.2, 0.25) is 0 Å². The molecule has 0 unspecified atom stereocenters. The number of aliphatic hydroxyl groups is 1. The van der Waals surface area contributed by atoms with Gasteiger partial charge in [0.1, 0.15) is 5.69 Å². The van der Waals surface area contributed by atoms with Crippen molar-refractivity contribution in [3.8, 4) is 11.3 Å². The molecule has 0 bridgehead atoms. The van der Waals surface area contributed by atoms with Gasteiger partial charge in [-0.2, -0.15) is 0 Å². The van der Waals surface area contributed by atoms with Gasteiger partial charge in [0.2, 0.25) is 0 Å². The minimum absolute atomic E-state index is 0.133. The Morgan fingerprint density at radius 3 is 2.43 bits per heavy atom. The van der Waals surface area contributed by atoms with E-state index >= 15 is 0 Å². The Morgan fingerprint density at radius 1 is 1.05 bits per heavy atom. The van der Waals surface area contributed by atoms with Crippen LogP contribution in [0.3, 0.4) is 0 Å². The lowest BCUT2D eigenvalue weighted by Crippen LogP contribution is -2.04. The molecule has 0 aliphatic heterocycles. The van der Waals surface area contributed by atoms with Crippen molar-refractivity contribution in [2.75, 3.05) is 0 Å². The third-order valence-corrected chi connectivity index (χ3v) is 3.36. The zero-order valence-corrected chi connectivity index (χ0v) is 11.8. The SMILES string of the molecule is Cc1ccc(Cn2nnc(CO)c2-c2ccncc2)cc1. The van der Waals surface area contributed by atoms with Crippen LogP contribution in [-0.2, 0) is 13.2 Å². The Morgan fingerprint density at radius 2 is 1.76 bits per heavy atom. The summed E-state index contributed by atoms with van der Waals surface area (Å²) in [5.74, 6) is 0. The lowest BCUT2D eigenvalue weighted by atomic mass is 10.1. The van der Waals surface area contributed by atoms with E-state index in [1.807, 2.05) is 16.8 Å². The van der Waals surface area contributed by atoms with Gasteiger partial charge < -0.3 is 5.11 Å². The van der Waals surface area contributed by atoms with E-state index in [2.05, 4.69) is 46.5 Å². The van der Waals surface area contributed by atoms with Gasteiger partial charge in [-0.15, -0.1) is 5.10 Å². The minimum atomic E-state index is -0.133. The second-order valence-electron chi connectivity index (χ2n) is 4.92. The molecule has 5 nitrogen and oxygen atoms in total. The first-order chi connectivity index (χ1) is 10.3. The predicted molar refractivity (Wildman–Crippen MR) is 79.5 cm³/mol. The molecular formula is C16H16N4O. The number of aromatic nitrogens is 4. The molecule has 1 aromatic carbocycles. The average Bonchev–Trinajstić information content (AvgIpc) is 2.93.